The first-order valence-corrected chi connectivity index (χ1v) is 15.2. The highest BCUT2D eigenvalue weighted by atomic mass is 127. The van der Waals surface area contributed by atoms with Crippen LogP contribution < -0.4 is 9.47 Å². The zero-order valence-corrected chi connectivity index (χ0v) is 28.5. The maximum atomic E-state index is 13.4. The maximum Gasteiger partial charge on any atom is 0.341 e. The van der Waals surface area contributed by atoms with Crippen LogP contribution in [0.15, 0.2) is 24.3 Å². The molecule has 5 rings (SSSR count). The molecule has 2 aliphatic rings. The van der Waals surface area contributed by atoms with E-state index in [9.17, 15) is 14.7 Å². The van der Waals surface area contributed by atoms with Crippen LogP contribution in [0.5, 0.6) is 23.0 Å². The third-order valence-electron chi connectivity index (χ3n) is 6.09. The van der Waals surface area contributed by atoms with E-state index < -0.39 is 17.5 Å². The molecule has 2 heterocycles. The molecule has 13 heteroatoms. The van der Waals surface area contributed by atoms with Crippen molar-refractivity contribution in [3.05, 3.63) is 82.9 Å². The molecule has 0 saturated carbocycles. The molecule has 1 unspecified atom stereocenters. The fourth-order valence-electron chi connectivity index (χ4n) is 4.38. The van der Waals surface area contributed by atoms with Gasteiger partial charge in [0.05, 0.1) is 41.9 Å². The summed E-state index contributed by atoms with van der Waals surface area (Å²) in [5, 5.41) is 10.5. The van der Waals surface area contributed by atoms with Gasteiger partial charge in [0.2, 0.25) is 0 Å². The van der Waals surface area contributed by atoms with E-state index >= 15 is 0 Å². The summed E-state index contributed by atoms with van der Waals surface area (Å²) in [6.45, 7) is 6.91. The Labute approximate surface area is 277 Å². The minimum Gasteiger partial charge on any atom is -0.506 e. The minimum atomic E-state index is -1.68. The third kappa shape index (κ3) is 3.97. The molecule has 0 fully saturated rings. The van der Waals surface area contributed by atoms with Crippen LogP contribution in [-0.2, 0) is 15.1 Å². The van der Waals surface area contributed by atoms with E-state index in [1.165, 1.54) is 6.92 Å². The number of aryl methyl sites for hydroxylation is 1. The lowest BCUT2D eigenvalue weighted by atomic mass is 9.77. The van der Waals surface area contributed by atoms with E-state index in [0.29, 0.717) is 27.4 Å². The number of carbonyl (C=O) groups is 2. The Morgan fingerprint density at radius 3 is 2.21 bits per heavy atom. The van der Waals surface area contributed by atoms with E-state index in [0.717, 1.165) is 0 Å². The van der Waals surface area contributed by atoms with Crippen LogP contribution in [0.25, 0.3) is 0 Å². The summed E-state index contributed by atoms with van der Waals surface area (Å²) < 4.78 is 19.4. The minimum absolute atomic E-state index is 0.0238. The molecule has 2 aliphatic heterocycles. The average Bonchev–Trinajstić information content (AvgIpc) is 3.17. The standard InChI is InChI=1S/C25H11Cl4I3O6/c1-6(2)23(34)37-20-7(3)4-8-22(18(20)32)36-21-9(5-10(30)19(33)17(21)31)25(8)12-11(24(35)38-25)13(26)15(28)16(29)14(12)27/h4-5,33H,1H2,2-3H3. The number of rotatable bonds is 2. The summed E-state index contributed by atoms with van der Waals surface area (Å²) >= 11 is 32.0. The zero-order valence-electron chi connectivity index (χ0n) is 19.0. The molecule has 3 aromatic rings. The van der Waals surface area contributed by atoms with E-state index in [4.69, 9.17) is 60.6 Å². The van der Waals surface area contributed by atoms with Crippen molar-refractivity contribution >= 4 is 126 Å². The van der Waals surface area contributed by atoms with Crippen LogP contribution in [0.2, 0.25) is 20.1 Å². The average molecular weight is 930 g/mol. The molecular weight excluding hydrogens is 919 g/mol. The number of hydrogen-bond donors (Lipinski definition) is 1. The fourth-order valence-corrected chi connectivity index (χ4v) is 8.17. The van der Waals surface area contributed by atoms with Crippen LogP contribution in [-0.4, -0.2) is 17.0 Å². The monoisotopic (exact) mass is 928 g/mol. The number of fused-ring (bicyclic) bond motifs is 6. The van der Waals surface area contributed by atoms with Gasteiger partial charge in [0.25, 0.3) is 0 Å². The number of phenols is 1. The lowest BCUT2D eigenvalue weighted by Gasteiger charge is -2.38. The Hall–Kier alpha value is -0.710. The maximum absolute atomic E-state index is 13.4. The van der Waals surface area contributed by atoms with E-state index in [-0.39, 0.29) is 59.8 Å². The van der Waals surface area contributed by atoms with Crippen LogP contribution in [0.4, 0.5) is 0 Å². The van der Waals surface area contributed by atoms with E-state index in [1.807, 2.05) is 67.8 Å². The topological polar surface area (TPSA) is 82.1 Å². The Balaban J connectivity index is 1.96. The molecule has 1 spiro atoms. The third-order valence-corrected chi connectivity index (χ3v) is 10.7. The van der Waals surface area contributed by atoms with Crippen molar-refractivity contribution in [2.75, 3.05) is 0 Å². The number of carbonyl (C=O) groups excluding carboxylic acids is 2. The van der Waals surface area contributed by atoms with Crippen LogP contribution in [0, 0.1) is 17.6 Å². The fraction of sp³-hybridized carbons (Fsp3) is 0.120. The summed E-state index contributed by atoms with van der Waals surface area (Å²) in [5.74, 6) is -0.731. The van der Waals surface area contributed by atoms with Crippen LogP contribution >= 0.6 is 114 Å². The highest BCUT2D eigenvalue weighted by molar-refractivity contribution is 14.1. The second-order valence-corrected chi connectivity index (χ2v) is 13.3. The molecule has 6 nitrogen and oxygen atoms in total. The van der Waals surface area contributed by atoms with Gasteiger partial charge < -0.3 is 19.3 Å². The van der Waals surface area contributed by atoms with Gasteiger partial charge >= 0.3 is 11.9 Å². The molecule has 0 saturated heterocycles. The Morgan fingerprint density at radius 1 is 1.00 bits per heavy atom. The molecule has 0 bridgehead atoms. The molecule has 0 aliphatic carbocycles. The molecule has 0 radical (unpaired) electrons. The number of halogens is 7. The van der Waals surface area contributed by atoms with Crippen LogP contribution in [0.3, 0.4) is 0 Å². The van der Waals surface area contributed by atoms with Gasteiger partial charge in [0.15, 0.2) is 22.8 Å². The largest absolute Gasteiger partial charge is 0.506 e. The number of benzene rings is 3. The summed E-state index contributed by atoms with van der Waals surface area (Å²) in [6.07, 6.45) is 0. The molecule has 1 atom stereocenters. The van der Waals surface area contributed by atoms with Gasteiger partial charge in [0.1, 0.15) is 5.75 Å². The second kappa shape index (κ2) is 9.98. The molecule has 0 amide bonds. The lowest BCUT2D eigenvalue weighted by molar-refractivity contribution is -0.130. The van der Waals surface area contributed by atoms with Gasteiger partial charge in [-0.25, -0.2) is 9.59 Å². The number of aromatic hydroxyl groups is 1. The van der Waals surface area contributed by atoms with Crippen molar-refractivity contribution in [1.82, 2.24) is 0 Å². The lowest BCUT2D eigenvalue weighted by Crippen LogP contribution is -2.34. The van der Waals surface area contributed by atoms with Crippen molar-refractivity contribution in [2.45, 2.75) is 19.4 Å². The number of hydrogen-bond acceptors (Lipinski definition) is 6. The van der Waals surface area contributed by atoms with E-state index in [2.05, 4.69) is 6.58 Å². The predicted molar refractivity (Wildman–Crippen MR) is 170 cm³/mol. The van der Waals surface area contributed by atoms with Crippen molar-refractivity contribution < 1.29 is 28.9 Å². The van der Waals surface area contributed by atoms with Crippen molar-refractivity contribution in [1.29, 1.82) is 0 Å². The van der Waals surface area contributed by atoms with Gasteiger partial charge in [-0.2, -0.15) is 0 Å². The second-order valence-electron chi connectivity index (χ2n) is 8.46. The first-order valence-electron chi connectivity index (χ1n) is 10.4. The van der Waals surface area contributed by atoms with Gasteiger partial charge in [0, 0.05) is 16.7 Å². The SMILES string of the molecule is C=C(C)C(=O)Oc1c(C)cc2c(c1I)Oc1c(cc(I)c(O)c1I)C21OC(=O)c2c(Cl)c(Cl)c(Cl)c(Cl)c21. The molecular formula is C25H11Cl4I3O6. The summed E-state index contributed by atoms with van der Waals surface area (Å²) in [6, 6.07) is 3.33. The highest BCUT2D eigenvalue weighted by Gasteiger charge is 2.58. The van der Waals surface area contributed by atoms with E-state index in [1.54, 1.807) is 19.1 Å². The van der Waals surface area contributed by atoms with Gasteiger partial charge in [-0.1, -0.05) is 53.0 Å². The number of phenolic OH excluding ortho intramolecular Hbond substituents is 1. The Morgan fingerprint density at radius 2 is 1.58 bits per heavy atom. The summed E-state index contributed by atoms with van der Waals surface area (Å²) in [4.78, 5) is 25.8. The summed E-state index contributed by atoms with van der Waals surface area (Å²) in [5.41, 5.74) is 0.0106. The quantitative estimate of drug-likeness (QED) is 0.0690. The first kappa shape index (κ1) is 28.8. The Bertz CT molecular complexity index is 1670. The van der Waals surface area contributed by atoms with Gasteiger partial charge in [-0.15, -0.1) is 0 Å². The number of esters is 2. The predicted octanol–water partition coefficient (Wildman–Crippen LogP) is 9.18. The molecule has 1 N–H and O–H groups in total. The van der Waals surface area contributed by atoms with Crippen molar-refractivity contribution in [2.24, 2.45) is 0 Å². The number of ether oxygens (including phenoxy) is 3. The van der Waals surface area contributed by atoms with Crippen LogP contribution in [0.1, 0.15) is 39.5 Å². The van der Waals surface area contributed by atoms with Gasteiger partial charge in [-0.3, -0.25) is 0 Å². The first-order chi connectivity index (χ1) is 17.7. The molecule has 3 aromatic carbocycles. The van der Waals surface area contributed by atoms with Gasteiger partial charge in [-0.05, 0) is 99.3 Å². The molecule has 0 aromatic heterocycles. The smallest absolute Gasteiger partial charge is 0.341 e. The summed E-state index contributed by atoms with van der Waals surface area (Å²) in [7, 11) is 0. The molecule has 38 heavy (non-hydrogen) atoms. The zero-order chi connectivity index (χ0) is 28.0. The van der Waals surface area contributed by atoms with Crippen molar-refractivity contribution in [3.63, 3.8) is 0 Å². The normalized spacial score (nSPS) is 16.9. The highest BCUT2D eigenvalue weighted by Crippen LogP contribution is 2.63. The Kier molecular flexibility index (Phi) is 7.57. The van der Waals surface area contributed by atoms with Crippen molar-refractivity contribution in [3.8, 4) is 23.0 Å². The molecule has 196 valence electrons.